The molecule has 0 bridgehead atoms. The van der Waals surface area contributed by atoms with Crippen LogP contribution in [0.4, 0.5) is 11.8 Å². The van der Waals surface area contributed by atoms with Gasteiger partial charge in [0.05, 0.1) is 38.6 Å². The molecule has 3 fully saturated rings. The molecule has 3 aliphatic rings. The molecule has 0 radical (unpaired) electrons. The van der Waals surface area contributed by atoms with Gasteiger partial charge in [-0.3, -0.25) is 55.9 Å². The number of aliphatic hydroxyl groups excluding tert-OH is 3. The van der Waals surface area contributed by atoms with E-state index in [1.165, 1.54) is 13.1 Å². The molecule has 0 aromatic carbocycles. The van der Waals surface area contributed by atoms with Crippen molar-refractivity contribution >= 4 is 57.6 Å². The van der Waals surface area contributed by atoms with E-state index in [0.717, 1.165) is 32.7 Å². The van der Waals surface area contributed by atoms with Gasteiger partial charge in [-0.2, -0.15) is 4.98 Å². The molecule has 0 spiro atoms. The van der Waals surface area contributed by atoms with Crippen LogP contribution in [0.25, 0.3) is 22.3 Å². The number of nitrogen functional groups attached to an aromatic ring is 2. The minimum absolute atomic E-state index is 0.00770. The highest BCUT2D eigenvalue weighted by molar-refractivity contribution is 7.47. The van der Waals surface area contributed by atoms with E-state index < -0.39 is 128 Å². The summed E-state index contributed by atoms with van der Waals surface area (Å²) in [5.74, 6) is -0.450. The summed E-state index contributed by atoms with van der Waals surface area (Å²) in [5, 5.41) is 33.6. The van der Waals surface area contributed by atoms with Gasteiger partial charge in [0, 0.05) is 18.2 Å². The molecule has 5 aromatic heterocycles. The van der Waals surface area contributed by atoms with Gasteiger partial charge in [-0.1, -0.05) is 0 Å². The van der Waals surface area contributed by atoms with Crippen molar-refractivity contribution < 1.29 is 85.4 Å². The Morgan fingerprint density at radius 3 is 1.89 bits per heavy atom. The van der Waals surface area contributed by atoms with Gasteiger partial charge >= 0.3 is 29.2 Å². The van der Waals surface area contributed by atoms with E-state index in [-0.39, 0.29) is 46.1 Å². The largest absolute Gasteiger partial charge is 0.472 e. The van der Waals surface area contributed by atoms with Crippen molar-refractivity contribution in [3.8, 4) is 0 Å². The molecular weight excluding hydrogens is 957 g/mol. The predicted octanol–water partition coefficient (Wildman–Crippen LogP) is -3.74. The van der Waals surface area contributed by atoms with Crippen LogP contribution in [0.2, 0.25) is 0 Å². The molecule has 0 aliphatic carbocycles. The lowest BCUT2D eigenvalue weighted by Gasteiger charge is -2.26. The third kappa shape index (κ3) is 9.80. The molecule has 3 saturated heterocycles. The lowest BCUT2D eigenvalue weighted by molar-refractivity contribution is -0.0609. The van der Waals surface area contributed by atoms with E-state index in [2.05, 4.69) is 39.4 Å². The molecule has 33 nitrogen and oxygen atoms in total. The average molecular weight is 997 g/mol. The molecule has 360 valence electrons. The summed E-state index contributed by atoms with van der Waals surface area (Å²) in [7, 11) is -16.1. The van der Waals surface area contributed by atoms with E-state index >= 15 is 0 Å². The summed E-state index contributed by atoms with van der Waals surface area (Å²) in [5.41, 5.74) is 8.94. The summed E-state index contributed by atoms with van der Waals surface area (Å²) in [6, 6.07) is 0. The van der Waals surface area contributed by atoms with Crippen molar-refractivity contribution in [3.05, 3.63) is 61.9 Å². The third-order valence-corrected chi connectivity index (χ3v) is 12.8. The van der Waals surface area contributed by atoms with Gasteiger partial charge in [0.25, 0.3) is 11.1 Å². The van der Waals surface area contributed by atoms with Crippen LogP contribution in [0.15, 0.2) is 39.6 Å². The monoisotopic (exact) mass is 996 g/mol. The Morgan fingerprint density at radius 2 is 1.29 bits per heavy atom. The molecule has 0 saturated carbocycles. The molecule has 2 unspecified atom stereocenters. The van der Waals surface area contributed by atoms with Crippen LogP contribution in [0.1, 0.15) is 30.7 Å². The van der Waals surface area contributed by atoms with Crippen LogP contribution < -0.4 is 28.3 Å². The fourth-order valence-electron chi connectivity index (χ4n) is 7.32. The average Bonchev–Trinajstić information content (AvgIpc) is 4.05. The highest BCUT2D eigenvalue weighted by Crippen LogP contribution is 2.52. The van der Waals surface area contributed by atoms with Crippen molar-refractivity contribution in [1.29, 1.82) is 0 Å². The SMILES string of the molecule is Cc1cn([C@H]2C[C@H](O)[C@@H](COP(=O)(O)O[C@H]3[C@@H](O)[C@H](n4cnc5c(N)ncnc54)O[C@@H]3COP(=O)(O)O[C@H]3[C@@H](O)[C@H](n4cnc5c(=O)[nH]c(N)nc54)O[C@@H]3COP(=O)(O)O)O2)c(=O)[nH]c1=O. The number of nitrogens with zero attached hydrogens (tertiary/aromatic N) is 8. The standard InChI is InChI=1S/C30H39N12O21P3/c1-10-3-40(30(48)39-25(10)46)15-2-11(43)12(59-15)4-57-65(52,53)63-21-14(61-27(18(21)44)41-8-35-16-22(31)33-7-34-23(16)41)6-58-66(54,55)62-20-13(5-56-64(49,50)51)60-28(19(20)45)42-9-36-17-24(42)37-29(32)38-26(17)47/h3,7-9,11-15,18-21,27-28,43-45H,2,4-6H2,1H3,(H,52,53)(H,54,55)(H2,31,33,34)(H,39,46,48)(H2,49,50,51)(H3,32,37,38,47)/t11-,12+,13+,14+,15+,18+,19+,20+,21+,27+,28+/m0/s1. The quantitative estimate of drug-likeness (QED) is 0.0423. The predicted molar refractivity (Wildman–Crippen MR) is 212 cm³/mol. The molecule has 0 amide bonds. The number of anilines is 2. The number of nitrogens with one attached hydrogen (secondary N) is 2. The number of phosphoric acid groups is 3. The van der Waals surface area contributed by atoms with Crippen LogP contribution in [-0.4, -0.2) is 152 Å². The zero-order chi connectivity index (χ0) is 47.6. The molecule has 66 heavy (non-hydrogen) atoms. The fraction of sp³-hybridized carbons (Fsp3) is 0.533. The smallest absolute Gasteiger partial charge is 0.390 e. The van der Waals surface area contributed by atoms with Gasteiger partial charge < -0.3 is 60.6 Å². The summed E-state index contributed by atoms with van der Waals surface area (Å²) in [6.07, 6.45) is -14.5. The highest BCUT2D eigenvalue weighted by atomic mass is 31.2. The molecule has 8 heterocycles. The molecule has 8 rings (SSSR count). The van der Waals surface area contributed by atoms with Crippen LogP contribution in [0.3, 0.4) is 0 Å². The first-order valence-electron chi connectivity index (χ1n) is 19.0. The molecular formula is C30H39N12O21P3. The molecule has 13 N–H and O–H groups in total. The Labute approximate surface area is 365 Å². The summed E-state index contributed by atoms with van der Waals surface area (Å²) < 4.78 is 84.5. The summed E-state index contributed by atoms with van der Waals surface area (Å²) >= 11 is 0. The highest BCUT2D eigenvalue weighted by Gasteiger charge is 2.53. The van der Waals surface area contributed by atoms with Gasteiger partial charge in [-0.15, -0.1) is 0 Å². The number of ether oxygens (including phenoxy) is 3. The third-order valence-electron chi connectivity index (χ3n) is 10.4. The first-order chi connectivity index (χ1) is 31.0. The number of imidazole rings is 2. The maximum Gasteiger partial charge on any atom is 0.472 e. The number of H-pyrrole nitrogens is 2. The van der Waals surface area contributed by atoms with Crippen molar-refractivity contribution in [2.45, 2.75) is 80.9 Å². The maximum atomic E-state index is 13.6. The second-order valence-electron chi connectivity index (χ2n) is 14.8. The van der Waals surface area contributed by atoms with Crippen LogP contribution in [0.5, 0.6) is 0 Å². The Hall–Kier alpha value is -4.73. The van der Waals surface area contributed by atoms with Gasteiger partial charge in [-0.05, 0) is 6.92 Å². The van der Waals surface area contributed by atoms with E-state index in [4.69, 9.17) is 43.8 Å². The van der Waals surface area contributed by atoms with E-state index in [9.17, 15) is 63.0 Å². The Kier molecular flexibility index (Phi) is 13.1. The minimum atomic E-state index is -5.53. The zero-order valence-electron chi connectivity index (χ0n) is 33.4. The Bertz CT molecular complexity index is 2960. The van der Waals surface area contributed by atoms with E-state index in [0.29, 0.717) is 0 Å². The number of aromatic nitrogens is 10. The summed E-state index contributed by atoms with van der Waals surface area (Å²) in [4.78, 5) is 101. The number of aromatic amines is 2. The number of aryl methyl sites for hydroxylation is 1. The number of hydrogen-bond donors (Lipinski definition) is 11. The van der Waals surface area contributed by atoms with Gasteiger partial charge in [0.1, 0.15) is 60.8 Å². The number of nitrogens with two attached hydrogens (primary N) is 2. The van der Waals surface area contributed by atoms with Gasteiger partial charge in [0.15, 0.2) is 35.1 Å². The topological polar surface area (TPSA) is 481 Å². The van der Waals surface area contributed by atoms with Gasteiger partial charge in [-0.25, -0.2) is 38.4 Å². The number of aliphatic hydroxyl groups is 3. The fourth-order valence-corrected chi connectivity index (χ4v) is 9.59. The van der Waals surface area contributed by atoms with Crippen molar-refractivity contribution in [2.75, 3.05) is 31.3 Å². The lowest BCUT2D eigenvalue weighted by atomic mass is 10.1. The number of hydrogen-bond acceptors (Lipinski definition) is 24. The number of rotatable bonds is 16. The number of fused-ring (bicyclic) bond motifs is 2. The molecule has 3 aliphatic heterocycles. The minimum Gasteiger partial charge on any atom is -0.390 e. The van der Waals surface area contributed by atoms with E-state index in [1.54, 1.807) is 0 Å². The molecule has 5 aromatic rings. The van der Waals surface area contributed by atoms with Crippen molar-refractivity contribution in [1.82, 2.24) is 48.6 Å². The molecule has 36 heteroatoms. The van der Waals surface area contributed by atoms with Crippen molar-refractivity contribution in [2.24, 2.45) is 0 Å². The second kappa shape index (κ2) is 18.1. The van der Waals surface area contributed by atoms with Crippen molar-refractivity contribution in [3.63, 3.8) is 0 Å². The lowest BCUT2D eigenvalue weighted by Crippen LogP contribution is -2.37. The molecule has 13 atom stereocenters. The van der Waals surface area contributed by atoms with Gasteiger partial charge in [0.2, 0.25) is 5.95 Å². The first-order valence-corrected chi connectivity index (χ1v) is 23.5. The Balaban J connectivity index is 1.00. The number of phosphoric ester groups is 3. The second-order valence-corrected chi connectivity index (χ2v) is 18.9. The van der Waals surface area contributed by atoms with Crippen LogP contribution >= 0.6 is 23.5 Å². The van der Waals surface area contributed by atoms with Crippen LogP contribution in [-0.2, 0) is 50.5 Å². The zero-order valence-corrected chi connectivity index (χ0v) is 36.1. The first kappa shape index (κ1) is 47.8. The van der Waals surface area contributed by atoms with Crippen LogP contribution in [0, 0.1) is 6.92 Å². The summed E-state index contributed by atoms with van der Waals surface area (Å²) in [6.45, 7) is -1.60. The Morgan fingerprint density at radius 1 is 0.727 bits per heavy atom. The van der Waals surface area contributed by atoms with E-state index in [1.807, 2.05) is 0 Å². The normalized spacial score (nSPS) is 30.0. The maximum absolute atomic E-state index is 13.6.